The van der Waals surface area contributed by atoms with Crippen molar-refractivity contribution in [3.05, 3.63) is 71.3 Å². The summed E-state index contributed by atoms with van der Waals surface area (Å²) in [4.78, 5) is 32.3. The minimum Gasteiger partial charge on any atom is -0.355 e. The molecule has 0 fully saturated rings. The number of aromatic nitrogens is 3. The zero-order valence-corrected chi connectivity index (χ0v) is 18.4. The minimum atomic E-state index is -0.382. The monoisotopic (exact) mass is 438 g/mol. The summed E-state index contributed by atoms with van der Waals surface area (Å²) in [5, 5.41) is 13.1. The maximum absolute atomic E-state index is 13.1. The second-order valence-electron chi connectivity index (χ2n) is 8.18. The quantitative estimate of drug-likeness (QED) is 0.390. The van der Waals surface area contributed by atoms with E-state index in [0.717, 1.165) is 35.8 Å². The molecule has 1 amide bonds. The number of benzene rings is 1. The van der Waals surface area contributed by atoms with Gasteiger partial charge in [0.25, 0.3) is 5.91 Å². The number of likely N-dealkylation sites (N-methyl/N-ethyl adjacent to an activating group) is 2. The van der Waals surface area contributed by atoms with Crippen LogP contribution in [-0.2, 0) is 22.7 Å². The van der Waals surface area contributed by atoms with Gasteiger partial charge in [-0.1, -0.05) is 6.07 Å². The van der Waals surface area contributed by atoms with Gasteiger partial charge < -0.3 is 14.8 Å². The predicted octanol–water partition coefficient (Wildman–Crippen LogP) is 2.46. The average molecular weight is 438 g/mol. The van der Waals surface area contributed by atoms with E-state index in [-0.39, 0.29) is 17.1 Å². The van der Waals surface area contributed by atoms with Crippen LogP contribution in [0.25, 0.3) is 27.7 Å². The first-order valence-electron chi connectivity index (χ1n) is 10.6. The largest absolute Gasteiger partial charge is 0.355 e. The van der Waals surface area contributed by atoms with E-state index >= 15 is 0 Å². The zero-order valence-electron chi connectivity index (χ0n) is 18.4. The van der Waals surface area contributed by atoms with Crippen LogP contribution in [0.1, 0.15) is 22.4 Å². The van der Waals surface area contributed by atoms with Crippen molar-refractivity contribution in [2.45, 2.75) is 13.1 Å². The Hall–Kier alpha value is -4.22. The Kier molecular flexibility index (Phi) is 5.04. The SMILES string of the molecule is CNC(=O)/C(=C(\C=O)c1cn2c3c(cc(C#N)cc13)CN(C)CC2)c1cnc2ccccn12. The van der Waals surface area contributed by atoms with Gasteiger partial charge in [0.2, 0.25) is 0 Å². The third-order valence-electron chi connectivity index (χ3n) is 6.15. The first-order chi connectivity index (χ1) is 16.0. The zero-order chi connectivity index (χ0) is 23.1. The summed E-state index contributed by atoms with van der Waals surface area (Å²) < 4.78 is 3.90. The van der Waals surface area contributed by atoms with Gasteiger partial charge in [-0.25, -0.2) is 4.98 Å². The molecule has 1 N–H and O–H groups in total. The number of carbonyl (C=O) groups is 2. The first kappa shape index (κ1) is 20.7. The van der Waals surface area contributed by atoms with E-state index in [9.17, 15) is 14.9 Å². The summed E-state index contributed by atoms with van der Waals surface area (Å²) in [5.41, 5.74) is 4.87. The predicted molar refractivity (Wildman–Crippen MR) is 125 cm³/mol. The lowest BCUT2D eigenvalue weighted by molar-refractivity contribution is -0.115. The number of amides is 1. The Labute approximate surface area is 190 Å². The van der Waals surface area contributed by atoms with Crippen LogP contribution in [0.3, 0.4) is 0 Å². The number of nitriles is 1. The van der Waals surface area contributed by atoms with Crippen molar-refractivity contribution in [1.82, 2.24) is 24.2 Å². The maximum atomic E-state index is 13.1. The lowest BCUT2D eigenvalue weighted by atomic mass is 9.96. The minimum absolute atomic E-state index is 0.239. The smallest absolute Gasteiger partial charge is 0.253 e. The number of hydrogen-bond donors (Lipinski definition) is 1. The van der Waals surface area contributed by atoms with E-state index in [1.54, 1.807) is 16.7 Å². The van der Waals surface area contributed by atoms with Gasteiger partial charge in [0.1, 0.15) is 5.65 Å². The van der Waals surface area contributed by atoms with Crippen LogP contribution in [0.4, 0.5) is 0 Å². The fourth-order valence-corrected chi connectivity index (χ4v) is 4.63. The standard InChI is InChI=1S/C25H22N6O2/c1-27-25(33)23(21-12-28-22-5-3-4-6-31(21)22)20(15-32)19-14-30-8-7-29(2)13-17-9-16(11-26)10-18(19)24(17)30/h3-6,9-10,12,14-15H,7-8,13H2,1-2H3,(H,27,33)/b23-20+. The Morgan fingerprint density at radius 3 is 2.88 bits per heavy atom. The van der Waals surface area contributed by atoms with E-state index in [1.165, 1.54) is 7.05 Å². The first-order valence-corrected chi connectivity index (χ1v) is 10.6. The van der Waals surface area contributed by atoms with Gasteiger partial charge in [0.05, 0.1) is 34.6 Å². The molecular formula is C25H22N6O2. The molecule has 1 aliphatic heterocycles. The number of nitrogens with one attached hydrogen (secondary N) is 1. The van der Waals surface area contributed by atoms with Gasteiger partial charge in [-0.05, 0) is 36.9 Å². The molecule has 0 aliphatic carbocycles. The molecular weight excluding hydrogens is 416 g/mol. The molecule has 4 aromatic rings. The van der Waals surface area contributed by atoms with Crippen molar-refractivity contribution in [3.63, 3.8) is 0 Å². The molecule has 3 aromatic heterocycles. The summed E-state index contributed by atoms with van der Waals surface area (Å²) in [6.45, 7) is 2.27. The topological polar surface area (TPSA) is 95.4 Å². The molecule has 0 atom stereocenters. The molecule has 0 saturated heterocycles. The van der Waals surface area contributed by atoms with Crippen LogP contribution in [0.15, 0.2) is 48.9 Å². The number of fused-ring (bicyclic) bond motifs is 1. The van der Waals surface area contributed by atoms with Crippen LogP contribution in [0, 0.1) is 11.3 Å². The molecule has 164 valence electrons. The number of allylic oxidation sites excluding steroid dienone is 1. The van der Waals surface area contributed by atoms with Gasteiger partial charge in [-0.15, -0.1) is 0 Å². The van der Waals surface area contributed by atoms with Crippen molar-refractivity contribution in [3.8, 4) is 6.07 Å². The fraction of sp³-hybridized carbons (Fsp3) is 0.200. The van der Waals surface area contributed by atoms with E-state index in [2.05, 4.69) is 25.8 Å². The maximum Gasteiger partial charge on any atom is 0.253 e. The van der Waals surface area contributed by atoms with E-state index in [4.69, 9.17) is 0 Å². The summed E-state index contributed by atoms with van der Waals surface area (Å²) >= 11 is 0. The molecule has 4 heterocycles. The highest BCUT2D eigenvalue weighted by Crippen LogP contribution is 2.35. The third-order valence-corrected chi connectivity index (χ3v) is 6.15. The number of nitrogens with zero attached hydrogens (tertiary/aromatic N) is 5. The van der Waals surface area contributed by atoms with Gasteiger partial charge in [-0.3, -0.25) is 14.0 Å². The van der Waals surface area contributed by atoms with Crippen LogP contribution >= 0.6 is 0 Å². The highest BCUT2D eigenvalue weighted by Gasteiger charge is 2.26. The van der Waals surface area contributed by atoms with E-state index < -0.39 is 0 Å². The molecule has 0 spiro atoms. The van der Waals surface area contributed by atoms with Gasteiger partial charge in [0, 0.05) is 55.6 Å². The molecule has 1 aliphatic rings. The number of rotatable bonds is 4. The van der Waals surface area contributed by atoms with Crippen LogP contribution in [0.5, 0.6) is 0 Å². The van der Waals surface area contributed by atoms with Crippen LogP contribution in [-0.4, -0.2) is 51.7 Å². The van der Waals surface area contributed by atoms with Crippen molar-refractivity contribution in [1.29, 1.82) is 5.26 Å². The van der Waals surface area contributed by atoms with Crippen molar-refractivity contribution < 1.29 is 9.59 Å². The molecule has 33 heavy (non-hydrogen) atoms. The van der Waals surface area contributed by atoms with E-state index in [0.29, 0.717) is 29.0 Å². The van der Waals surface area contributed by atoms with Gasteiger partial charge in [0.15, 0.2) is 6.29 Å². The van der Waals surface area contributed by atoms with Gasteiger partial charge in [-0.2, -0.15) is 5.26 Å². The van der Waals surface area contributed by atoms with E-state index in [1.807, 2.05) is 43.7 Å². The van der Waals surface area contributed by atoms with Crippen molar-refractivity contribution >= 4 is 39.9 Å². The molecule has 0 saturated carbocycles. The lowest BCUT2D eigenvalue weighted by Crippen LogP contribution is -2.21. The highest BCUT2D eigenvalue weighted by molar-refractivity contribution is 6.36. The second kappa shape index (κ2) is 8.04. The summed E-state index contributed by atoms with van der Waals surface area (Å²) in [5.74, 6) is -0.382. The molecule has 1 aromatic carbocycles. The summed E-state index contributed by atoms with van der Waals surface area (Å²) in [7, 11) is 3.58. The Balaban J connectivity index is 1.86. The van der Waals surface area contributed by atoms with Crippen molar-refractivity contribution in [2.75, 3.05) is 20.6 Å². The molecule has 5 rings (SSSR count). The number of aldehydes is 1. The summed E-state index contributed by atoms with van der Waals surface area (Å²) in [6.07, 6.45) is 6.06. The fourth-order valence-electron chi connectivity index (χ4n) is 4.63. The number of hydrogen-bond acceptors (Lipinski definition) is 5. The number of imidazole rings is 1. The Bertz CT molecular complexity index is 1500. The number of pyridine rings is 1. The molecule has 0 bridgehead atoms. The normalized spacial score (nSPS) is 14.6. The van der Waals surface area contributed by atoms with Crippen LogP contribution < -0.4 is 5.32 Å². The summed E-state index contributed by atoms with van der Waals surface area (Å²) in [6, 6.07) is 11.5. The average Bonchev–Trinajstić information content (AvgIpc) is 3.37. The molecule has 0 unspecified atom stereocenters. The van der Waals surface area contributed by atoms with Crippen LogP contribution in [0.2, 0.25) is 0 Å². The molecule has 0 radical (unpaired) electrons. The highest BCUT2D eigenvalue weighted by atomic mass is 16.1. The lowest BCUT2D eigenvalue weighted by Gasteiger charge is -2.14. The molecule has 8 heteroatoms. The number of carbonyl (C=O) groups excluding carboxylic acids is 2. The molecule has 8 nitrogen and oxygen atoms in total. The third kappa shape index (κ3) is 3.30. The Morgan fingerprint density at radius 1 is 1.27 bits per heavy atom. The van der Waals surface area contributed by atoms with Gasteiger partial charge >= 0.3 is 0 Å². The van der Waals surface area contributed by atoms with Crippen molar-refractivity contribution in [2.24, 2.45) is 0 Å². The Morgan fingerprint density at radius 2 is 2.12 bits per heavy atom. The second-order valence-corrected chi connectivity index (χ2v) is 8.18.